The van der Waals surface area contributed by atoms with E-state index in [4.69, 9.17) is 5.11 Å². The fourth-order valence-electron chi connectivity index (χ4n) is 1.76. The highest BCUT2D eigenvalue weighted by Gasteiger charge is 2.26. The predicted octanol–water partition coefficient (Wildman–Crippen LogP) is -1.41. The van der Waals surface area contributed by atoms with Crippen molar-refractivity contribution in [2.45, 2.75) is 6.42 Å². The van der Waals surface area contributed by atoms with E-state index in [1.807, 2.05) is 9.62 Å². The first-order chi connectivity index (χ1) is 8.49. The number of carbonyl (C=O) groups is 1. The van der Waals surface area contributed by atoms with Crippen LogP contribution < -0.4 is 4.72 Å². The highest BCUT2D eigenvalue weighted by Crippen LogP contribution is 2.06. The van der Waals surface area contributed by atoms with Crippen molar-refractivity contribution in [3.63, 3.8) is 0 Å². The topological polar surface area (TPSA) is 99.2 Å². The van der Waals surface area contributed by atoms with Crippen LogP contribution in [0.2, 0.25) is 0 Å². The smallest absolute Gasteiger partial charge is 0.421 e. The number of amides is 1. The zero-order chi connectivity index (χ0) is 13.6. The molecule has 1 fully saturated rings. The lowest BCUT2D eigenvalue weighted by Gasteiger charge is -2.20. The second-order valence-corrected chi connectivity index (χ2v) is 5.59. The zero-order valence-corrected chi connectivity index (χ0v) is 11.1. The van der Waals surface area contributed by atoms with Gasteiger partial charge in [-0.3, -0.25) is 4.90 Å². The normalized spacial score (nSPS) is 19.2. The van der Waals surface area contributed by atoms with E-state index in [2.05, 4.69) is 4.74 Å². The Kier molecular flexibility index (Phi) is 5.79. The van der Waals surface area contributed by atoms with E-state index < -0.39 is 16.3 Å². The van der Waals surface area contributed by atoms with Crippen LogP contribution in [0.1, 0.15) is 6.42 Å². The van der Waals surface area contributed by atoms with Gasteiger partial charge in [-0.2, -0.15) is 12.7 Å². The van der Waals surface area contributed by atoms with E-state index in [-0.39, 0.29) is 13.2 Å². The number of ether oxygens (including phenoxy) is 1. The van der Waals surface area contributed by atoms with Crippen LogP contribution in [0.15, 0.2) is 0 Å². The average Bonchev–Trinajstić information content (AvgIpc) is 2.55. The van der Waals surface area contributed by atoms with E-state index in [0.717, 1.165) is 13.7 Å². The summed E-state index contributed by atoms with van der Waals surface area (Å²) in [4.78, 5) is 12.9. The van der Waals surface area contributed by atoms with Crippen molar-refractivity contribution >= 4 is 16.3 Å². The second-order valence-electron chi connectivity index (χ2n) is 3.92. The third-order valence-electron chi connectivity index (χ3n) is 2.70. The monoisotopic (exact) mass is 281 g/mol. The van der Waals surface area contributed by atoms with Gasteiger partial charge in [-0.1, -0.05) is 0 Å². The average molecular weight is 281 g/mol. The van der Waals surface area contributed by atoms with Gasteiger partial charge in [0.05, 0.1) is 13.7 Å². The second kappa shape index (κ2) is 6.88. The summed E-state index contributed by atoms with van der Waals surface area (Å²) in [5, 5.41) is 8.84. The highest BCUT2D eigenvalue weighted by atomic mass is 32.2. The number of rotatable bonds is 4. The molecule has 18 heavy (non-hydrogen) atoms. The number of methoxy groups -OCH3 is 1. The first-order valence-electron chi connectivity index (χ1n) is 5.68. The van der Waals surface area contributed by atoms with E-state index in [9.17, 15) is 13.2 Å². The van der Waals surface area contributed by atoms with Crippen molar-refractivity contribution in [1.29, 1.82) is 0 Å². The van der Waals surface area contributed by atoms with E-state index >= 15 is 0 Å². The number of nitrogens with one attached hydrogen (secondary N) is 1. The van der Waals surface area contributed by atoms with E-state index in [0.29, 0.717) is 26.1 Å². The largest absolute Gasteiger partial charge is 0.452 e. The molecule has 0 saturated carbocycles. The molecule has 0 aliphatic carbocycles. The third kappa shape index (κ3) is 4.41. The van der Waals surface area contributed by atoms with Crippen LogP contribution >= 0.6 is 0 Å². The third-order valence-corrected chi connectivity index (χ3v) is 4.17. The van der Waals surface area contributed by atoms with Crippen molar-refractivity contribution in [3.05, 3.63) is 0 Å². The minimum atomic E-state index is -3.84. The first-order valence-corrected chi connectivity index (χ1v) is 7.12. The van der Waals surface area contributed by atoms with Crippen molar-refractivity contribution in [2.75, 3.05) is 46.4 Å². The van der Waals surface area contributed by atoms with Gasteiger partial charge < -0.3 is 9.84 Å². The number of aliphatic hydroxyl groups excluding tert-OH is 1. The summed E-state index contributed by atoms with van der Waals surface area (Å²) >= 11 is 0. The molecule has 0 atom stereocenters. The van der Waals surface area contributed by atoms with Crippen LogP contribution in [-0.2, 0) is 14.9 Å². The number of nitrogens with zero attached hydrogens (tertiary/aromatic N) is 2. The number of hydrogen-bond acceptors (Lipinski definition) is 6. The molecule has 1 aliphatic heterocycles. The Morgan fingerprint density at radius 1 is 1.33 bits per heavy atom. The first kappa shape index (κ1) is 15.2. The van der Waals surface area contributed by atoms with Gasteiger partial charge in [0.2, 0.25) is 0 Å². The highest BCUT2D eigenvalue weighted by molar-refractivity contribution is 7.87. The van der Waals surface area contributed by atoms with Gasteiger partial charge in [-0.15, -0.1) is 0 Å². The molecule has 0 unspecified atom stereocenters. The molecule has 8 nitrogen and oxygen atoms in total. The van der Waals surface area contributed by atoms with Gasteiger partial charge in [0.15, 0.2) is 0 Å². The van der Waals surface area contributed by atoms with Gasteiger partial charge in [-0.25, -0.2) is 9.52 Å². The van der Waals surface area contributed by atoms with Crippen LogP contribution in [0, 0.1) is 0 Å². The van der Waals surface area contributed by atoms with Crippen molar-refractivity contribution in [2.24, 2.45) is 0 Å². The van der Waals surface area contributed by atoms with Crippen molar-refractivity contribution < 1.29 is 23.1 Å². The lowest BCUT2D eigenvalue weighted by Crippen LogP contribution is -2.45. The SMILES string of the molecule is COC(=O)NS(=O)(=O)N1CCCN(CCO)CC1. The minimum Gasteiger partial charge on any atom is -0.452 e. The molecule has 9 heteroatoms. The van der Waals surface area contributed by atoms with Crippen LogP contribution in [0.4, 0.5) is 4.79 Å². The van der Waals surface area contributed by atoms with Crippen molar-refractivity contribution in [1.82, 2.24) is 13.9 Å². The zero-order valence-electron chi connectivity index (χ0n) is 10.3. The van der Waals surface area contributed by atoms with Gasteiger partial charge in [-0.05, 0) is 13.0 Å². The molecule has 0 aromatic heterocycles. The summed E-state index contributed by atoms with van der Waals surface area (Å²) in [5.74, 6) is 0. The van der Waals surface area contributed by atoms with Gasteiger partial charge in [0.1, 0.15) is 0 Å². The molecule has 2 N–H and O–H groups in total. The van der Waals surface area contributed by atoms with Crippen molar-refractivity contribution in [3.8, 4) is 0 Å². The fraction of sp³-hybridized carbons (Fsp3) is 0.889. The fourth-order valence-corrected chi connectivity index (χ4v) is 2.88. The summed E-state index contributed by atoms with van der Waals surface area (Å²) in [6.45, 7) is 2.46. The Morgan fingerprint density at radius 3 is 2.67 bits per heavy atom. The quantitative estimate of drug-likeness (QED) is 0.656. The van der Waals surface area contributed by atoms with E-state index in [1.54, 1.807) is 0 Å². The molecular formula is C9H19N3O5S. The molecule has 1 aliphatic rings. The molecular weight excluding hydrogens is 262 g/mol. The van der Waals surface area contributed by atoms with Crippen LogP contribution in [0.3, 0.4) is 0 Å². The molecule has 1 rings (SSSR count). The molecule has 0 radical (unpaired) electrons. The van der Waals surface area contributed by atoms with Crippen LogP contribution in [-0.4, -0.2) is 75.3 Å². The summed E-state index contributed by atoms with van der Waals surface area (Å²) in [6, 6.07) is 0. The van der Waals surface area contributed by atoms with Gasteiger partial charge in [0, 0.05) is 26.2 Å². The summed E-state index contributed by atoms with van der Waals surface area (Å²) in [7, 11) is -2.73. The number of aliphatic hydroxyl groups is 1. The standard InChI is InChI=1S/C9H19N3O5S/c1-17-9(14)10-18(15,16)12-4-2-3-11(5-6-12)7-8-13/h13H,2-8H2,1H3,(H,10,14). The maximum atomic E-state index is 11.8. The maximum absolute atomic E-state index is 11.8. The summed E-state index contributed by atoms with van der Waals surface area (Å²) < 4.78 is 30.9. The molecule has 0 bridgehead atoms. The molecule has 106 valence electrons. The Bertz CT molecular complexity index is 372. The van der Waals surface area contributed by atoms with Gasteiger partial charge >= 0.3 is 16.3 Å². The number of hydrogen-bond donors (Lipinski definition) is 2. The van der Waals surface area contributed by atoms with E-state index in [1.165, 1.54) is 4.31 Å². The minimum absolute atomic E-state index is 0.0488. The molecule has 0 spiro atoms. The molecule has 1 amide bonds. The van der Waals surface area contributed by atoms with Crippen LogP contribution in [0.5, 0.6) is 0 Å². The Balaban J connectivity index is 2.59. The summed E-state index contributed by atoms with van der Waals surface area (Å²) in [6.07, 6.45) is -0.339. The maximum Gasteiger partial charge on any atom is 0.421 e. The molecule has 1 saturated heterocycles. The predicted molar refractivity (Wildman–Crippen MR) is 64.2 cm³/mol. The Hall–Kier alpha value is -0.900. The van der Waals surface area contributed by atoms with Crippen LogP contribution in [0.25, 0.3) is 0 Å². The lowest BCUT2D eigenvalue weighted by atomic mass is 10.4. The summed E-state index contributed by atoms with van der Waals surface area (Å²) in [5.41, 5.74) is 0. The number of β-amino-alcohol motifs (C(OH)–C–C–N with tert-alkyl or cyclic N) is 1. The molecule has 1 heterocycles. The molecule has 0 aromatic carbocycles. The van der Waals surface area contributed by atoms with Gasteiger partial charge in [0.25, 0.3) is 0 Å². The Labute approximate surface area is 107 Å². The number of carbonyl (C=O) groups excluding carboxylic acids is 1. The Morgan fingerprint density at radius 2 is 2.06 bits per heavy atom. The lowest BCUT2D eigenvalue weighted by molar-refractivity contribution is 0.177. The molecule has 0 aromatic rings.